The number of fused-ring (bicyclic) bond motifs is 1. The Bertz CT molecular complexity index is 2160. The summed E-state index contributed by atoms with van der Waals surface area (Å²) in [6.07, 6.45) is 19.8. The van der Waals surface area contributed by atoms with Crippen LogP contribution in [-0.2, 0) is 0 Å². The van der Waals surface area contributed by atoms with Gasteiger partial charge in [0, 0.05) is 0 Å². The molecule has 5 rings (SSSR count). The number of hydrogen-bond donors (Lipinski definition) is 0. The first kappa shape index (κ1) is 34.6. The minimum atomic E-state index is 1.02. The van der Waals surface area contributed by atoms with Gasteiger partial charge in [-0.05, 0) is 110 Å². The molecule has 5 aromatic rings. The number of allylic oxidation sites excluding steroid dienone is 8. The topological polar surface area (TPSA) is 0 Å². The van der Waals surface area contributed by atoms with Crippen molar-refractivity contribution in [3.05, 3.63) is 187 Å². The van der Waals surface area contributed by atoms with E-state index in [2.05, 4.69) is 169 Å². The molecule has 5 aromatic carbocycles. The molecule has 0 nitrogen and oxygen atoms in total. The molecule has 0 bridgehead atoms. The fourth-order valence-corrected chi connectivity index (χ4v) is 6.71. The smallest absolute Gasteiger partial charge is 0.00203 e. The van der Waals surface area contributed by atoms with E-state index in [4.69, 9.17) is 0 Å². The monoisotopic (exact) mass is 634 g/mol. The first-order valence-electron chi connectivity index (χ1n) is 17.0. The van der Waals surface area contributed by atoms with Gasteiger partial charge in [0.05, 0.1) is 0 Å². The molecule has 0 aliphatic carbocycles. The fraction of sp³-hybridized carbons (Fsp3) is 0.102. The molecular weight excluding hydrogens is 589 g/mol. The molecule has 0 amide bonds. The van der Waals surface area contributed by atoms with E-state index in [-0.39, 0.29) is 0 Å². The zero-order valence-corrected chi connectivity index (χ0v) is 29.4. The first-order chi connectivity index (χ1) is 24.0. The predicted octanol–water partition coefficient (Wildman–Crippen LogP) is 14.7. The van der Waals surface area contributed by atoms with Crippen molar-refractivity contribution in [2.24, 2.45) is 0 Å². The molecule has 0 atom stereocenters. The van der Waals surface area contributed by atoms with Gasteiger partial charge >= 0.3 is 0 Å². The minimum absolute atomic E-state index is 1.02. The van der Waals surface area contributed by atoms with E-state index < -0.39 is 0 Å². The highest BCUT2D eigenvalue weighted by atomic mass is 14.2. The van der Waals surface area contributed by atoms with Crippen LogP contribution in [0.3, 0.4) is 0 Å². The van der Waals surface area contributed by atoms with Crippen LogP contribution >= 0.6 is 0 Å². The normalized spacial score (nSPS) is 12.4. The molecule has 242 valence electrons. The predicted molar refractivity (Wildman–Crippen MR) is 221 cm³/mol. The highest BCUT2D eigenvalue weighted by Crippen LogP contribution is 2.46. The third-order valence-corrected chi connectivity index (χ3v) is 9.30. The maximum atomic E-state index is 4.34. The van der Waals surface area contributed by atoms with Crippen LogP contribution in [0.1, 0.15) is 61.9 Å². The molecule has 0 fully saturated rings. The quantitative estimate of drug-likeness (QED) is 0.120. The lowest BCUT2D eigenvalue weighted by atomic mass is 9.80. The summed E-state index contributed by atoms with van der Waals surface area (Å²) in [6.45, 7) is 25.7. The highest BCUT2D eigenvalue weighted by molar-refractivity contribution is 6.13. The molecule has 0 radical (unpaired) electrons. The molecule has 0 N–H and O–H groups in total. The Morgan fingerprint density at radius 1 is 0.571 bits per heavy atom. The van der Waals surface area contributed by atoms with Crippen molar-refractivity contribution in [1.82, 2.24) is 0 Å². The summed E-state index contributed by atoms with van der Waals surface area (Å²) in [5.74, 6) is 0. The summed E-state index contributed by atoms with van der Waals surface area (Å²) in [5.41, 5.74) is 15.9. The van der Waals surface area contributed by atoms with E-state index in [1.54, 1.807) is 0 Å². The van der Waals surface area contributed by atoms with Crippen molar-refractivity contribution in [1.29, 1.82) is 0 Å². The van der Waals surface area contributed by atoms with E-state index in [0.717, 1.165) is 72.8 Å². The third kappa shape index (κ3) is 6.82. The van der Waals surface area contributed by atoms with Gasteiger partial charge in [0.2, 0.25) is 0 Å². The van der Waals surface area contributed by atoms with Crippen LogP contribution in [0.2, 0.25) is 0 Å². The van der Waals surface area contributed by atoms with Crippen molar-refractivity contribution >= 4 is 40.6 Å². The Hall–Kier alpha value is -5.72. The molecule has 0 unspecified atom stereocenters. The summed E-state index contributed by atoms with van der Waals surface area (Å²) in [7, 11) is 0. The molecule has 49 heavy (non-hydrogen) atoms. The standard InChI is InChI=1S/C49H46/c1-9-21-35(11-3)43(31-26-34(8)10-2)37-27-29-38(30-28-37)48-41(14-6)42(15-7)49(46-25-20-19-24-45(46)48)47-33-32-44(36-22-17-16-18-23-36)39(12-4)40(47)13-5/h9,11-33H,4-7,10H2,1-3,8H3/b21-9+,34-26?,35-11-,43-31+. The van der Waals surface area contributed by atoms with Crippen LogP contribution in [0.15, 0.2) is 159 Å². The van der Waals surface area contributed by atoms with Crippen molar-refractivity contribution in [2.75, 3.05) is 0 Å². The number of hydrogen-bond acceptors (Lipinski definition) is 0. The zero-order valence-electron chi connectivity index (χ0n) is 29.4. The van der Waals surface area contributed by atoms with Gasteiger partial charge in [0.25, 0.3) is 0 Å². The van der Waals surface area contributed by atoms with Gasteiger partial charge < -0.3 is 0 Å². The van der Waals surface area contributed by atoms with E-state index >= 15 is 0 Å². The van der Waals surface area contributed by atoms with Gasteiger partial charge in [-0.15, -0.1) is 0 Å². The first-order valence-corrected chi connectivity index (χ1v) is 17.0. The third-order valence-electron chi connectivity index (χ3n) is 9.30. The highest BCUT2D eigenvalue weighted by Gasteiger charge is 2.22. The van der Waals surface area contributed by atoms with Crippen molar-refractivity contribution in [2.45, 2.75) is 34.1 Å². The van der Waals surface area contributed by atoms with Gasteiger partial charge in [-0.2, -0.15) is 0 Å². The lowest BCUT2D eigenvalue weighted by molar-refractivity contribution is 1.10. The average molecular weight is 635 g/mol. The van der Waals surface area contributed by atoms with Crippen LogP contribution < -0.4 is 0 Å². The number of benzene rings is 5. The SMILES string of the molecule is C=Cc1c(-c2ccccc2)ccc(-c2c(C=C)c(C=C)c(-c3ccc(C(=C/C=C(C)CC)/C(=C\C)/C=C/C)cc3)c3ccccc23)c1C=C. The molecule has 0 heteroatoms. The summed E-state index contributed by atoms with van der Waals surface area (Å²) < 4.78 is 0. The van der Waals surface area contributed by atoms with Gasteiger partial charge in [0.15, 0.2) is 0 Å². The van der Waals surface area contributed by atoms with Crippen LogP contribution in [0.4, 0.5) is 0 Å². The Morgan fingerprint density at radius 2 is 1.12 bits per heavy atom. The van der Waals surface area contributed by atoms with Crippen molar-refractivity contribution < 1.29 is 0 Å². The van der Waals surface area contributed by atoms with E-state index in [0.29, 0.717) is 0 Å². The Morgan fingerprint density at radius 3 is 1.69 bits per heavy atom. The summed E-state index contributed by atoms with van der Waals surface area (Å²) in [6, 6.07) is 32.5. The minimum Gasteiger partial charge on any atom is -0.0984 e. The second-order valence-electron chi connectivity index (χ2n) is 12.1. The van der Waals surface area contributed by atoms with E-state index in [1.807, 2.05) is 30.4 Å². The largest absolute Gasteiger partial charge is 0.0984 e. The molecular formula is C49H46. The van der Waals surface area contributed by atoms with E-state index in [9.17, 15) is 0 Å². The molecule has 0 aliphatic rings. The zero-order chi connectivity index (χ0) is 34.9. The van der Waals surface area contributed by atoms with Crippen LogP contribution in [-0.4, -0.2) is 0 Å². The summed E-state index contributed by atoms with van der Waals surface area (Å²) in [4.78, 5) is 0. The average Bonchev–Trinajstić information content (AvgIpc) is 3.16. The van der Waals surface area contributed by atoms with Gasteiger partial charge in [-0.25, -0.2) is 0 Å². The molecule has 0 saturated carbocycles. The van der Waals surface area contributed by atoms with Crippen LogP contribution in [0.5, 0.6) is 0 Å². The number of rotatable bonds is 12. The molecule has 0 saturated heterocycles. The Balaban J connectivity index is 1.77. The summed E-state index contributed by atoms with van der Waals surface area (Å²) in [5, 5.41) is 2.31. The van der Waals surface area contributed by atoms with E-state index in [1.165, 1.54) is 22.3 Å². The van der Waals surface area contributed by atoms with Crippen molar-refractivity contribution in [3.8, 4) is 33.4 Å². The lowest BCUT2D eigenvalue weighted by Crippen LogP contribution is -1.99. The maximum Gasteiger partial charge on any atom is -0.00203 e. The van der Waals surface area contributed by atoms with Gasteiger partial charge in [-0.1, -0.05) is 184 Å². The molecule has 0 heterocycles. The lowest BCUT2D eigenvalue weighted by Gasteiger charge is -2.23. The molecule has 0 spiro atoms. The Kier molecular flexibility index (Phi) is 11.2. The molecule has 0 aromatic heterocycles. The second-order valence-corrected chi connectivity index (χ2v) is 12.1. The van der Waals surface area contributed by atoms with Crippen LogP contribution in [0, 0.1) is 0 Å². The van der Waals surface area contributed by atoms with Crippen LogP contribution in [0.25, 0.3) is 74.0 Å². The second kappa shape index (κ2) is 15.9. The van der Waals surface area contributed by atoms with Crippen molar-refractivity contribution in [3.63, 3.8) is 0 Å². The molecule has 0 aliphatic heterocycles. The maximum absolute atomic E-state index is 4.34. The van der Waals surface area contributed by atoms with Gasteiger partial charge in [-0.3, -0.25) is 0 Å². The summed E-state index contributed by atoms with van der Waals surface area (Å²) >= 11 is 0. The Labute approximate surface area is 293 Å². The van der Waals surface area contributed by atoms with Gasteiger partial charge in [0.1, 0.15) is 0 Å². The fourth-order valence-electron chi connectivity index (χ4n) is 6.71.